The van der Waals surface area contributed by atoms with Gasteiger partial charge in [0.1, 0.15) is 6.04 Å². The number of carbonyl (C=O) groups excluding carboxylic acids is 2. The first kappa shape index (κ1) is 21.9. The third-order valence-corrected chi connectivity index (χ3v) is 4.95. The van der Waals surface area contributed by atoms with Crippen molar-refractivity contribution in [2.24, 2.45) is 17.6 Å². The smallest absolute Gasteiger partial charge is 0.337 e. The van der Waals surface area contributed by atoms with Gasteiger partial charge in [-0.3, -0.25) is 4.79 Å². The number of hydrogen-bond donors (Lipinski definition) is 2. The van der Waals surface area contributed by atoms with Crippen LogP contribution in [0.3, 0.4) is 0 Å². The summed E-state index contributed by atoms with van der Waals surface area (Å²) in [5.41, 5.74) is 7.94. The van der Waals surface area contributed by atoms with E-state index in [1.807, 2.05) is 36.4 Å². The molecule has 7 nitrogen and oxygen atoms in total. The number of benzene rings is 1. The van der Waals surface area contributed by atoms with Crippen LogP contribution in [0.5, 0.6) is 0 Å². The molecule has 3 N–H and O–H groups in total. The lowest BCUT2D eigenvalue weighted by atomic mass is 9.83. The molecule has 0 saturated carbocycles. The Labute approximate surface area is 169 Å². The van der Waals surface area contributed by atoms with Gasteiger partial charge in [0.05, 0.1) is 31.5 Å². The summed E-state index contributed by atoms with van der Waals surface area (Å²) >= 11 is 0. The first-order chi connectivity index (χ1) is 13.0. The minimum Gasteiger partial charge on any atom is -0.466 e. The van der Waals surface area contributed by atoms with Crippen molar-refractivity contribution in [1.29, 1.82) is 0 Å². The minimum absolute atomic E-state index is 0. The molecule has 152 valence electrons. The van der Waals surface area contributed by atoms with E-state index in [1.165, 1.54) is 13.4 Å². The second-order valence-corrected chi connectivity index (χ2v) is 6.61. The lowest BCUT2D eigenvalue weighted by molar-refractivity contribution is -0.184. The second-order valence-electron chi connectivity index (χ2n) is 6.61. The Morgan fingerprint density at radius 3 is 2.68 bits per heavy atom. The Bertz CT molecular complexity index is 763. The number of hydrogen-bond acceptors (Lipinski definition) is 7. The molecule has 0 saturated heterocycles. The van der Waals surface area contributed by atoms with Crippen LogP contribution in [0, 0.1) is 11.8 Å². The zero-order chi connectivity index (χ0) is 19.4. The fraction of sp³-hybridized carbons (Fsp3) is 0.400. The predicted molar refractivity (Wildman–Crippen MR) is 103 cm³/mol. The van der Waals surface area contributed by atoms with E-state index in [0.717, 1.165) is 5.56 Å². The number of carbonyl (C=O) groups is 2. The summed E-state index contributed by atoms with van der Waals surface area (Å²) in [4.78, 5) is 24.4. The summed E-state index contributed by atoms with van der Waals surface area (Å²) < 4.78 is 15.8. The van der Waals surface area contributed by atoms with Gasteiger partial charge in [0.25, 0.3) is 6.29 Å². The fourth-order valence-electron chi connectivity index (χ4n) is 3.56. The first-order valence-corrected chi connectivity index (χ1v) is 8.78. The number of esters is 2. The standard InChI is InChI=1S/C20H23NO6.ClH/c1-25-18(23)15-11-26-20(17-13(10-22)7-8-14(15)17)27-19(24)16(21)9-12-5-3-2-4-6-12;/h2-7,11,14,16-17,20,22H,8-10,21H2,1H3;1H/t14-,16?,17-,20+;/m1./s1. The SMILES string of the molecule is COC(=O)C1=CO[C@@H](OC(=O)C(N)Cc2ccccc2)[C@@H]2C(CO)=CC[C@H]12.Cl. The number of aliphatic hydroxyl groups excluding tert-OH is 1. The van der Waals surface area contributed by atoms with Gasteiger partial charge in [-0.1, -0.05) is 36.4 Å². The Balaban J connectivity index is 0.00000280. The second kappa shape index (κ2) is 9.73. The van der Waals surface area contributed by atoms with E-state index in [2.05, 4.69) is 0 Å². The molecule has 0 radical (unpaired) electrons. The van der Waals surface area contributed by atoms with E-state index in [0.29, 0.717) is 24.0 Å². The summed E-state index contributed by atoms with van der Waals surface area (Å²) in [6, 6.07) is 8.56. The maximum Gasteiger partial charge on any atom is 0.337 e. The van der Waals surface area contributed by atoms with Gasteiger partial charge in [-0.05, 0) is 24.0 Å². The minimum atomic E-state index is -0.946. The van der Waals surface area contributed by atoms with Crippen molar-refractivity contribution in [2.45, 2.75) is 25.2 Å². The Kier molecular flexibility index (Phi) is 7.62. The number of rotatable bonds is 6. The Morgan fingerprint density at radius 2 is 2.04 bits per heavy atom. The number of ether oxygens (including phenoxy) is 3. The highest BCUT2D eigenvalue weighted by molar-refractivity contribution is 5.89. The van der Waals surface area contributed by atoms with Crippen LogP contribution in [-0.4, -0.2) is 43.1 Å². The average Bonchev–Trinajstić information content (AvgIpc) is 3.13. The maximum atomic E-state index is 12.4. The lowest BCUT2D eigenvalue weighted by Gasteiger charge is -2.34. The molecule has 2 aliphatic rings. The number of halogens is 1. The van der Waals surface area contributed by atoms with Crippen LogP contribution in [-0.2, 0) is 30.2 Å². The molecule has 1 unspecified atom stereocenters. The molecule has 3 rings (SSSR count). The number of methoxy groups -OCH3 is 1. The van der Waals surface area contributed by atoms with Crippen LogP contribution in [0.4, 0.5) is 0 Å². The van der Waals surface area contributed by atoms with Gasteiger partial charge in [-0.25, -0.2) is 4.79 Å². The van der Waals surface area contributed by atoms with Gasteiger partial charge in [0.2, 0.25) is 0 Å². The van der Waals surface area contributed by atoms with Crippen LogP contribution >= 0.6 is 12.4 Å². The lowest BCUT2D eigenvalue weighted by Crippen LogP contribution is -2.43. The summed E-state index contributed by atoms with van der Waals surface area (Å²) in [6.07, 6.45) is 3.05. The van der Waals surface area contributed by atoms with Crippen molar-refractivity contribution in [3.05, 3.63) is 59.4 Å². The van der Waals surface area contributed by atoms with Crippen molar-refractivity contribution >= 4 is 24.3 Å². The summed E-state index contributed by atoms with van der Waals surface area (Å²) in [6.45, 7) is -0.205. The topological polar surface area (TPSA) is 108 Å². The fourth-order valence-corrected chi connectivity index (χ4v) is 3.56. The van der Waals surface area contributed by atoms with Crippen molar-refractivity contribution in [3.63, 3.8) is 0 Å². The van der Waals surface area contributed by atoms with E-state index >= 15 is 0 Å². The summed E-state index contributed by atoms with van der Waals surface area (Å²) in [7, 11) is 1.29. The molecule has 1 aliphatic heterocycles. The highest BCUT2D eigenvalue weighted by Gasteiger charge is 2.46. The third kappa shape index (κ3) is 4.55. The van der Waals surface area contributed by atoms with Gasteiger partial charge < -0.3 is 25.1 Å². The first-order valence-electron chi connectivity index (χ1n) is 8.78. The van der Waals surface area contributed by atoms with Gasteiger partial charge in [-0.15, -0.1) is 12.4 Å². The van der Waals surface area contributed by atoms with Crippen molar-refractivity contribution in [1.82, 2.24) is 0 Å². The van der Waals surface area contributed by atoms with Crippen molar-refractivity contribution in [2.75, 3.05) is 13.7 Å². The van der Waals surface area contributed by atoms with Crippen LogP contribution in [0.2, 0.25) is 0 Å². The molecule has 0 aromatic heterocycles. The highest BCUT2D eigenvalue weighted by atomic mass is 35.5. The molecule has 1 aromatic carbocycles. The molecule has 8 heteroatoms. The highest BCUT2D eigenvalue weighted by Crippen LogP contribution is 2.43. The van der Waals surface area contributed by atoms with Crippen LogP contribution in [0.25, 0.3) is 0 Å². The molecule has 0 spiro atoms. The molecule has 1 aliphatic carbocycles. The number of nitrogens with two attached hydrogens (primary N) is 1. The van der Waals surface area contributed by atoms with Crippen LogP contribution in [0.15, 0.2) is 53.8 Å². The normalized spacial score (nSPS) is 23.9. The maximum absolute atomic E-state index is 12.4. The summed E-state index contributed by atoms with van der Waals surface area (Å²) in [5.74, 6) is -1.80. The Hall–Kier alpha value is -2.35. The Morgan fingerprint density at radius 1 is 1.32 bits per heavy atom. The van der Waals surface area contributed by atoms with E-state index in [4.69, 9.17) is 19.9 Å². The average molecular weight is 410 g/mol. The number of allylic oxidation sites excluding steroid dienone is 1. The zero-order valence-electron chi connectivity index (χ0n) is 15.4. The number of fused-ring (bicyclic) bond motifs is 1. The molecule has 0 fully saturated rings. The monoisotopic (exact) mass is 409 g/mol. The quantitative estimate of drug-likeness (QED) is 0.541. The van der Waals surface area contributed by atoms with E-state index in [-0.39, 0.29) is 24.9 Å². The van der Waals surface area contributed by atoms with Gasteiger partial charge in [-0.2, -0.15) is 0 Å². The predicted octanol–water partition coefficient (Wildman–Crippen LogP) is 1.49. The van der Waals surface area contributed by atoms with Crippen molar-refractivity contribution < 1.29 is 28.9 Å². The third-order valence-electron chi connectivity index (χ3n) is 4.95. The molecule has 0 amide bonds. The van der Waals surface area contributed by atoms with Gasteiger partial charge in [0.15, 0.2) is 0 Å². The molecule has 28 heavy (non-hydrogen) atoms. The summed E-state index contributed by atoms with van der Waals surface area (Å²) in [5, 5.41) is 9.62. The van der Waals surface area contributed by atoms with Crippen LogP contribution in [0.1, 0.15) is 12.0 Å². The largest absolute Gasteiger partial charge is 0.466 e. The van der Waals surface area contributed by atoms with E-state index in [9.17, 15) is 14.7 Å². The van der Waals surface area contributed by atoms with E-state index < -0.39 is 30.2 Å². The van der Waals surface area contributed by atoms with Crippen molar-refractivity contribution in [3.8, 4) is 0 Å². The number of aliphatic hydroxyl groups is 1. The van der Waals surface area contributed by atoms with Gasteiger partial charge >= 0.3 is 11.9 Å². The molecule has 1 aromatic rings. The molecule has 1 heterocycles. The van der Waals surface area contributed by atoms with Gasteiger partial charge in [0, 0.05) is 5.92 Å². The van der Waals surface area contributed by atoms with Crippen LogP contribution < -0.4 is 5.73 Å². The van der Waals surface area contributed by atoms with E-state index in [1.54, 1.807) is 0 Å². The molecule has 4 atom stereocenters. The molecular weight excluding hydrogens is 386 g/mol. The molecule has 0 bridgehead atoms. The molecular formula is C20H24ClNO6. The zero-order valence-corrected chi connectivity index (χ0v) is 16.3.